The molecule has 4 nitrogen and oxygen atoms in total. The van der Waals surface area contributed by atoms with E-state index in [1.54, 1.807) is 0 Å². The first-order chi connectivity index (χ1) is 15.1. The number of hydrogen-bond donors (Lipinski definition) is 0. The van der Waals surface area contributed by atoms with Gasteiger partial charge in [-0.3, -0.25) is 9.69 Å². The third kappa shape index (κ3) is 5.34. The van der Waals surface area contributed by atoms with Gasteiger partial charge in [-0.15, -0.1) is 0 Å². The number of carbonyl (C=O) groups is 1. The van der Waals surface area contributed by atoms with E-state index in [1.165, 1.54) is 70.1 Å². The van der Waals surface area contributed by atoms with Gasteiger partial charge in [0.2, 0.25) is 5.91 Å². The fraction of sp³-hybridized carbons (Fsp3) is 0.741. The fourth-order valence-corrected chi connectivity index (χ4v) is 6.55. The van der Waals surface area contributed by atoms with E-state index in [2.05, 4.69) is 58.9 Å². The van der Waals surface area contributed by atoms with Gasteiger partial charge in [-0.05, 0) is 69.5 Å². The summed E-state index contributed by atoms with van der Waals surface area (Å²) in [4.78, 5) is 20.9. The second kappa shape index (κ2) is 10.5. The Kier molecular flexibility index (Phi) is 7.71. The largest absolute Gasteiger partial charge is 0.343 e. The van der Waals surface area contributed by atoms with Crippen LogP contribution in [0.5, 0.6) is 0 Å². The minimum atomic E-state index is 0.160. The van der Waals surface area contributed by atoms with Crippen molar-refractivity contribution in [3.8, 4) is 0 Å². The molecule has 1 spiro atoms. The molecule has 0 radical (unpaired) electrons. The molecule has 2 heterocycles. The molecule has 31 heavy (non-hydrogen) atoms. The SMILES string of the molecule is CCN(CC)C(=O)C1CN(Cc2ccccc2)CC12CCN(CC1CCCCC1)CC2. The summed E-state index contributed by atoms with van der Waals surface area (Å²) in [6.07, 6.45) is 9.51. The van der Waals surface area contributed by atoms with Crippen molar-refractivity contribution in [2.45, 2.75) is 65.3 Å². The summed E-state index contributed by atoms with van der Waals surface area (Å²) in [5, 5.41) is 0. The summed E-state index contributed by atoms with van der Waals surface area (Å²) in [5.41, 5.74) is 1.53. The van der Waals surface area contributed by atoms with Crippen LogP contribution in [0.4, 0.5) is 0 Å². The highest BCUT2D eigenvalue weighted by molar-refractivity contribution is 5.80. The zero-order valence-corrected chi connectivity index (χ0v) is 19.9. The Labute approximate surface area is 190 Å². The number of carbonyl (C=O) groups excluding carboxylic acids is 1. The average molecular weight is 426 g/mol. The highest BCUT2D eigenvalue weighted by atomic mass is 16.2. The van der Waals surface area contributed by atoms with Crippen LogP contribution in [-0.4, -0.2) is 66.4 Å². The molecule has 3 aliphatic rings. The van der Waals surface area contributed by atoms with Crippen molar-refractivity contribution in [2.24, 2.45) is 17.3 Å². The van der Waals surface area contributed by atoms with Gasteiger partial charge in [0.1, 0.15) is 0 Å². The van der Waals surface area contributed by atoms with Gasteiger partial charge in [-0.25, -0.2) is 0 Å². The van der Waals surface area contributed by atoms with Gasteiger partial charge in [-0.2, -0.15) is 0 Å². The van der Waals surface area contributed by atoms with Crippen LogP contribution in [0.25, 0.3) is 0 Å². The van der Waals surface area contributed by atoms with Gasteiger partial charge in [0.25, 0.3) is 0 Å². The number of rotatable bonds is 7. The number of nitrogens with zero attached hydrogens (tertiary/aromatic N) is 3. The van der Waals surface area contributed by atoms with Gasteiger partial charge >= 0.3 is 0 Å². The smallest absolute Gasteiger partial charge is 0.227 e. The lowest BCUT2D eigenvalue weighted by molar-refractivity contribution is -0.139. The summed E-state index contributed by atoms with van der Waals surface area (Å²) in [6.45, 7) is 12.5. The minimum Gasteiger partial charge on any atom is -0.343 e. The molecule has 4 rings (SSSR count). The van der Waals surface area contributed by atoms with E-state index in [-0.39, 0.29) is 11.3 Å². The molecular weight excluding hydrogens is 382 g/mol. The van der Waals surface area contributed by atoms with Crippen LogP contribution in [0.3, 0.4) is 0 Å². The predicted molar refractivity (Wildman–Crippen MR) is 128 cm³/mol. The van der Waals surface area contributed by atoms with Crippen LogP contribution in [0.15, 0.2) is 30.3 Å². The molecule has 1 aliphatic carbocycles. The Hall–Kier alpha value is -1.39. The molecule has 2 saturated heterocycles. The fourth-order valence-electron chi connectivity index (χ4n) is 6.55. The van der Waals surface area contributed by atoms with E-state index in [0.29, 0.717) is 5.91 Å². The number of hydrogen-bond acceptors (Lipinski definition) is 3. The Morgan fingerprint density at radius 3 is 2.32 bits per heavy atom. The Balaban J connectivity index is 1.44. The maximum Gasteiger partial charge on any atom is 0.227 e. The van der Waals surface area contributed by atoms with Crippen molar-refractivity contribution >= 4 is 5.91 Å². The third-order valence-electron chi connectivity index (χ3n) is 8.43. The highest BCUT2D eigenvalue weighted by Crippen LogP contribution is 2.46. The molecular formula is C27H43N3O. The maximum atomic E-state index is 13.6. The highest BCUT2D eigenvalue weighted by Gasteiger charge is 2.51. The van der Waals surface area contributed by atoms with Crippen molar-refractivity contribution < 1.29 is 4.79 Å². The second-order valence-electron chi connectivity index (χ2n) is 10.4. The molecule has 172 valence electrons. The van der Waals surface area contributed by atoms with Crippen LogP contribution < -0.4 is 0 Å². The molecule has 1 aromatic carbocycles. The lowest BCUT2D eigenvalue weighted by atomic mass is 9.70. The van der Waals surface area contributed by atoms with Crippen molar-refractivity contribution in [1.29, 1.82) is 0 Å². The molecule has 3 fully saturated rings. The quantitative estimate of drug-likeness (QED) is 0.636. The average Bonchev–Trinajstić information content (AvgIpc) is 3.15. The number of likely N-dealkylation sites (tertiary alicyclic amines) is 2. The Morgan fingerprint density at radius 1 is 1.00 bits per heavy atom. The molecule has 1 amide bonds. The second-order valence-corrected chi connectivity index (χ2v) is 10.4. The monoisotopic (exact) mass is 425 g/mol. The summed E-state index contributed by atoms with van der Waals surface area (Å²) >= 11 is 0. The third-order valence-corrected chi connectivity index (χ3v) is 8.43. The molecule has 0 N–H and O–H groups in total. The van der Waals surface area contributed by atoms with Crippen molar-refractivity contribution in [3.05, 3.63) is 35.9 Å². The molecule has 0 bridgehead atoms. The van der Waals surface area contributed by atoms with E-state index < -0.39 is 0 Å². The normalized spacial score (nSPS) is 25.2. The van der Waals surface area contributed by atoms with Crippen LogP contribution in [-0.2, 0) is 11.3 Å². The van der Waals surface area contributed by atoms with Gasteiger partial charge in [0, 0.05) is 39.3 Å². The number of piperidine rings is 1. The lowest BCUT2D eigenvalue weighted by Crippen LogP contribution is -2.50. The van der Waals surface area contributed by atoms with Crippen LogP contribution in [0.2, 0.25) is 0 Å². The standard InChI is InChI=1S/C27H43N3O/c1-3-30(4-2)26(31)25-21-29(20-24-13-9-6-10-14-24)22-27(25)15-17-28(18-16-27)19-23-11-7-5-8-12-23/h6,9-10,13-14,23,25H,3-5,7-8,11-12,15-22H2,1-2H3. The Morgan fingerprint density at radius 2 is 1.68 bits per heavy atom. The summed E-state index contributed by atoms with van der Waals surface area (Å²) in [5.74, 6) is 1.48. The predicted octanol–water partition coefficient (Wildman–Crippen LogP) is 4.65. The van der Waals surface area contributed by atoms with E-state index in [0.717, 1.165) is 38.6 Å². The molecule has 2 aliphatic heterocycles. The Bertz CT molecular complexity index is 688. The number of benzene rings is 1. The first-order valence-electron chi connectivity index (χ1n) is 12.9. The summed E-state index contributed by atoms with van der Waals surface area (Å²) in [7, 11) is 0. The first-order valence-corrected chi connectivity index (χ1v) is 12.9. The zero-order chi connectivity index (χ0) is 21.7. The van der Waals surface area contributed by atoms with Gasteiger partial charge in [-0.1, -0.05) is 49.6 Å². The van der Waals surface area contributed by atoms with Gasteiger partial charge in [0.15, 0.2) is 0 Å². The topological polar surface area (TPSA) is 26.8 Å². The van der Waals surface area contributed by atoms with E-state index in [9.17, 15) is 4.79 Å². The molecule has 0 aromatic heterocycles. The number of amides is 1. The van der Waals surface area contributed by atoms with Gasteiger partial charge in [0.05, 0.1) is 5.92 Å². The molecule has 1 unspecified atom stereocenters. The van der Waals surface area contributed by atoms with E-state index >= 15 is 0 Å². The summed E-state index contributed by atoms with van der Waals surface area (Å²) < 4.78 is 0. The minimum absolute atomic E-state index is 0.160. The van der Waals surface area contributed by atoms with Crippen molar-refractivity contribution in [3.63, 3.8) is 0 Å². The van der Waals surface area contributed by atoms with Crippen LogP contribution in [0, 0.1) is 17.3 Å². The first kappa shape index (κ1) is 22.8. The summed E-state index contributed by atoms with van der Waals surface area (Å²) in [6, 6.07) is 10.8. The molecule has 1 aromatic rings. The zero-order valence-electron chi connectivity index (χ0n) is 19.9. The molecule has 1 saturated carbocycles. The van der Waals surface area contributed by atoms with Crippen molar-refractivity contribution in [1.82, 2.24) is 14.7 Å². The molecule has 4 heteroatoms. The van der Waals surface area contributed by atoms with E-state index in [4.69, 9.17) is 0 Å². The van der Waals surface area contributed by atoms with Crippen LogP contribution >= 0.6 is 0 Å². The molecule has 1 atom stereocenters. The van der Waals surface area contributed by atoms with E-state index in [1.807, 2.05) is 0 Å². The van der Waals surface area contributed by atoms with Crippen molar-refractivity contribution in [2.75, 3.05) is 45.8 Å². The maximum absolute atomic E-state index is 13.6. The van der Waals surface area contributed by atoms with Gasteiger partial charge < -0.3 is 9.80 Å². The lowest BCUT2D eigenvalue weighted by Gasteiger charge is -2.44. The van der Waals surface area contributed by atoms with Crippen LogP contribution in [0.1, 0.15) is 64.4 Å².